The van der Waals surface area contributed by atoms with Gasteiger partial charge in [0.15, 0.2) is 0 Å². The van der Waals surface area contributed by atoms with Crippen LogP contribution >= 0.6 is 11.6 Å². The van der Waals surface area contributed by atoms with Crippen molar-refractivity contribution in [3.8, 4) is 5.88 Å². The third kappa shape index (κ3) is 7.18. The Hall–Kier alpha value is -4.53. The number of aryl methyl sites for hydroxylation is 2. The van der Waals surface area contributed by atoms with E-state index in [0.717, 1.165) is 40.6 Å². The summed E-state index contributed by atoms with van der Waals surface area (Å²) in [6, 6.07) is 9.12. The molecule has 0 spiro atoms. The molecule has 7 rings (SSSR count). The van der Waals surface area contributed by atoms with Gasteiger partial charge in [-0.25, -0.2) is 22.9 Å². The summed E-state index contributed by atoms with van der Waals surface area (Å²) in [4.78, 5) is 31.2. The van der Waals surface area contributed by atoms with Gasteiger partial charge in [-0.3, -0.25) is 9.36 Å². The normalized spacial score (nSPS) is 17.9. The van der Waals surface area contributed by atoms with Gasteiger partial charge in [0.25, 0.3) is 0 Å². The topological polar surface area (TPSA) is 148 Å². The number of ether oxygens (including phenoxy) is 3. The van der Waals surface area contributed by atoms with Gasteiger partial charge in [0.05, 0.1) is 35.6 Å². The highest BCUT2D eigenvalue weighted by molar-refractivity contribution is 7.89. The molecule has 0 bridgehead atoms. The summed E-state index contributed by atoms with van der Waals surface area (Å²) >= 11 is 6.26. The van der Waals surface area contributed by atoms with Crippen LogP contribution in [-0.2, 0) is 37.9 Å². The average Bonchev–Trinajstić information content (AvgIpc) is 3.76. The van der Waals surface area contributed by atoms with Crippen molar-refractivity contribution in [2.45, 2.75) is 102 Å². The number of pyridine rings is 1. The van der Waals surface area contributed by atoms with E-state index in [9.17, 15) is 18.0 Å². The number of carbonyl (C=O) groups is 2. The number of sulfonamides is 1. The van der Waals surface area contributed by atoms with Crippen LogP contribution in [0.4, 0.5) is 4.79 Å². The van der Waals surface area contributed by atoms with E-state index in [1.807, 2.05) is 33.0 Å². The molecule has 0 saturated heterocycles. The summed E-state index contributed by atoms with van der Waals surface area (Å²) in [5.74, 6) is -0.589. The molecule has 4 heterocycles. The lowest BCUT2D eigenvalue weighted by Gasteiger charge is -2.25. The largest absolute Gasteiger partial charge is 0.472 e. The van der Waals surface area contributed by atoms with Crippen molar-refractivity contribution in [1.29, 1.82) is 0 Å². The lowest BCUT2D eigenvalue weighted by Crippen LogP contribution is -2.36. The molecule has 3 aromatic heterocycles. The Kier molecular flexibility index (Phi) is 9.99. The van der Waals surface area contributed by atoms with E-state index in [0.29, 0.717) is 34.4 Å². The molecule has 0 N–H and O–H groups in total. The predicted octanol–water partition coefficient (Wildman–Crippen LogP) is 7.39. The minimum atomic E-state index is -4.16. The second kappa shape index (κ2) is 14.3. The second-order valence-electron chi connectivity index (χ2n) is 15.1. The second-order valence-corrected chi connectivity index (χ2v) is 17.5. The van der Waals surface area contributed by atoms with Crippen LogP contribution < -0.4 is 4.74 Å². The monoisotopic (exact) mass is 776 g/mol. The van der Waals surface area contributed by atoms with Crippen molar-refractivity contribution >= 4 is 55.6 Å². The maximum atomic E-state index is 14.4. The summed E-state index contributed by atoms with van der Waals surface area (Å²) in [7, 11) is -2.28. The molecule has 1 aliphatic carbocycles. The van der Waals surface area contributed by atoms with E-state index in [-0.39, 0.29) is 41.9 Å². The van der Waals surface area contributed by atoms with Crippen LogP contribution in [0.15, 0.2) is 47.6 Å². The van der Waals surface area contributed by atoms with E-state index in [2.05, 4.69) is 21.4 Å². The summed E-state index contributed by atoms with van der Waals surface area (Å²) in [6.07, 6.45) is 4.52. The average molecular weight is 777 g/mol. The molecule has 0 amide bonds. The van der Waals surface area contributed by atoms with Crippen molar-refractivity contribution in [2.24, 2.45) is 7.05 Å². The summed E-state index contributed by atoms with van der Waals surface area (Å²) < 4.78 is 50.8. The van der Waals surface area contributed by atoms with Gasteiger partial charge in [-0.1, -0.05) is 35.9 Å². The minimum Gasteiger partial charge on any atom is -0.472 e. The molecular weight excluding hydrogens is 732 g/mol. The van der Waals surface area contributed by atoms with Crippen LogP contribution in [0, 0.1) is 6.92 Å². The molecule has 2 aromatic carbocycles. The van der Waals surface area contributed by atoms with Crippen molar-refractivity contribution in [3.05, 3.63) is 75.6 Å². The fraction of sp³-hybridized carbons (Fsp3) is 0.462. The highest BCUT2D eigenvalue weighted by Gasteiger charge is 2.37. The first-order valence-electron chi connectivity index (χ1n) is 18.3. The van der Waals surface area contributed by atoms with Crippen molar-refractivity contribution in [2.75, 3.05) is 13.2 Å². The first-order valence-corrected chi connectivity index (χ1v) is 20.1. The Morgan fingerprint density at radius 1 is 1.13 bits per heavy atom. The van der Waals surface area contributed by atoms with E-state index in [1.54, 1.807) is 44.6 Å². The van der Waals surface area contributed by atoms with E-state index >= 15 is 0 Å². The zero-order chi connectivity index (χ0) is 38.7. The molecule has 2 aliphatic rings. The van der Waals surface area contributed by atoms with Crippen LogP contribution in [-0.4, -0.2) is 74.2 Å². The standard InChI is InChI=1S/C39H45ClN6O7S/c1-8-27-21-45(54(49,50)33-16-26(40)19-41-37(33)52-27)20-25-14-24(15-32-28(25)12-13-46(32)38(48)53-39(4,5)6)30(18-34(47)51-9-2)29-17-31(23-10-11-23)36-35(22(29)3)42-43-44(36)7/h12-17,19,23,27,30H,8-11,18,20-21H2,1-7H3/t27-,30?/m1/s1. The fourth-order valence-corrected chi connectivity index (χ4v) is 9.08. The van der Waals surface area contributed by atoms with Crippen LogP contribution in [0.25, 0.3) is 21.9 Å². The van der Waals surface area contributed by atoms with Gasteiger partial charge >= 0.3 is 12.1 Å². The maximum absolute atomic E-state index is 14.4. The van der Waals surface area contributed by atoms with Gasteiger partial charge in [-0.15, -0.1) is 5.10 Å². The molecule has 1 saturated carbocycles. The number of fused-ring (bicyclic) bond motifs is 3. The Labute approximate surface area is 319 Å². The van der Waals surface area contributed by atoms with Gasteiger partial charge in [0, 0.05) is 37.3 Å². The molecular formula is C39H45ClN6O7S. The highest BCUT2D eigenvalue weighted by atomic mass is 35.5. The molecule has 1 aliphatic heterocycles. The quantitative estimate of drug-likeness (QED) is 0.139. The van der Waals surface area contributed by atoms with Gasteiger partial charge in [-0.05, 0) is 106 Å². The molecule has 1 unspecified atom stereocenters. The summed E-state index contributed by atoms with van der Waals surface area (Å²) in [5, 5.41) is 9.71. The molecule has 0 radical (unpaired) electrons. The van der Waals surface area contributed by atoms with Crippen LogP contribution in [0.5, 0.6) is 5.88 Å². The van der Waals surface area contributed by atoms with Gasteiger partial charge in [0.2, 0.25) is 15.9 Å². The first-order chi connectivity index (χ1) is 25.6. The summed E-state index contributed by atoms with van der Waals surface area (Å²) in [6.45, 7) is 11.2. The molecule has 15 heteroatoms. The number of hydrogen-bond donors (Lipinski definition) is 0. The van der Waals surface area contributed by atoms with Crippen LogP contribution in [0.1, 0.15) is 100.0 Å². The number of aromatic nitrogens is 5. The number of nitrogens with zero attached hydrogens (tertiary/aromatic N) is 6. The molecule has 2 atom stereocenters. The Morgan fingerprint density at radius 3 is 2.57 bits per heavy atom. The number of rotatable bonds is 9. The van der Waals surface area contributed by atoms with E-state index < -0.39 is 39.7 Å². The zero-order valence-electron chi connectivity index (χ0n) is 31.6. The van der Waals surface area contributed by atoms with Gasteiger partial charge in [0.1, 0.15) is 22.1 Å². The number of benzene rings is 2. The van der Waals surface area contributed by atoms with Crippen LogP contribution in [0.3, 0.4) is 0 Å². The Morgan fingerprint density at radius 2 is 1.89 bits per heavy atom. The highest BCUT2D eigenvalue weighted by Crippen LogP contribution is 2.46. The zero-order valence-corrected chi connectivity index (χ0v) is 33.1. The fourth-order valence-electron chi connectivity index (χ4n) is 7.31. The van der Waals surface area contributed by atoms with Crippen molar-refractivity contribution < 1.29 is 32.2 Å². The number of halogens is 1. The molecule has 286 valence electrons. The molecule has 13 nitrogen and oxygen atoms in total. The molecule has 5 aromatic rings. The lowest BCUT2D eigenvalue weighted by atomic mass is 9.83. The SMILES string of the molecule is CCOC(=O)CC(c1cc(CN2C[C@@H](CC)Oc3ncc(Cl)cc3S2(=O)=O)c2ccn(C(=O)OC(C)(C)C)c2c1)c1cc(C2CC2)c2c(nnn2C)c1C. The summed E-state index contributed by atoms with van der Waals surface area (Å²) in [5.41, 5.74) is 5.66. The minimum absolute atomic E-state index is 0.000396. The third-order valence-electron chi connectivity index (χ3n) is 10.1. The van der Waals surface area contributed by atoms with E-state index in [4.69, 9.17) is 25.8 Å². The molecule has 54 heavy (non-hydrogen) atoms. The Bertz CT molecular complexity index is 2400. The lowest BCUT2D eigenvalue weighted by molar-refractivity contribution is -0.143. The smallest absolute Gasteiger partial charge is 0.418 e. The van der Waals surface area contributed by atoms with Crippen LogP contribution in [0.2, 0.25) is 5.02 Å². The predicted molar refractivity (Wildman–Crippen MR) is 203 cm³/mol. The molecule has 1 fully saturated rings. The van der Waals surface area contributed by atoms with Crippen molar-refractivity contribution in [3.63, 3.8) is 0 Å². The van der Waals surface area contributed by atoms with Gasteiger partial charge in [-0.2, -0.15) is 4.31 Å². The maximum Gasteiger partial charge on any atom is 0.418 e. The first kappa shape index (κ1) is 37.8. The third-order valence-corrected chi connectivity index (χ3v) is 12.1. The number of esters is 1. The van der Waals surface area contributed by atoms with Gasteiger partial charge < -0.3 is 14.2 Å². The van der Waals surface area contributed by atoms with Crippen molar-refractivity contribution in [1.82, 2.24) is 28.9 Å². The Balaban J connectivity index is 1.44. The number of carbonyl (C=O) groups excluding carboxylic acids is 2. The number of hydrogen-bond acceptors (Lipinski definition) is 10. The van der Waals surface area contributed by atoms with E-state index in [1.165, 1.54) is 21.1 Å².